The predicted molar refractivity (Wildman–Crippen MR) is 68.1 cm³/mol. The summed E-state index contributed by atoms with van der Waals surface area (Å²) in [6.45, 7) is 5.46. The average molecular weight is 239 g/mol. The van der Waals surface area contributed by atoms with Gasteiger partial charge in [-0.1, -0.05) is 26.2 Å². The highest BCUT2D eigenvalue weighted by Gasteiger charge is 2.28. The molecule has 0 spiro atoms. The van der Waals surface area contributed by atoms with Crippen molar-refractivity contribution in [2.45, 2.75) is 51.5 Å². The molecule has 1 aliphatic heterocycles. The number of carbonyl (C=O) groups excluding carboxylic acids is 1. The number of hydrogen-bond donors (Lipinski definition) is 0. The Labute approximate surface area is 105 Å². The number of ether oxygens (including phenoxy) is 1. The molecule has 3 heteroatoms. The number of hydrogen-bond acceptors (Lipinski definition) is 3. The fourth-order valence-corrected chi connectivity index (χ4v) is 3.12. The molecule has 0 N–H and O–H groups in total. The Kier molecular flexibility index (Phi) is 4.99. The molecule has 3 nitrogen and oxygen atoms in total. The summed E-state index contributed by atoms with van der Waals surface area (Å²) in [4.78, 5) is 14.3. The largest absolute Gasteiger partial charge is 0.380 e. The van der Waals surface area contributed by atoms with Crippen molar-refractivity contribution < 1.29 is 9.53 Å². The zero-order valence-electron chi connectivity index (χ0n) is 11.0. The standard InChI is InChI=1S/C14H25NO2/c1-2-15(13-6-4-3-5-7-13)10-12-11-17-9-8-14(12)16/h12-13H,2-11H2,1H3. The first-order chi connectivity index (χ1) is 8.31. The highest BCUT2D eigenvalue weighted by atomic mass is 16.5. The van der Waals surface area contributed by atoms with Gasteiger partial charge in [-0.05, 0) is 19.4 Å². The summed E-state index contributed by atoms with van der Waals surface area (Å²) >= 11 is 0. The van der Waals surface area contributed by atoms with Crippen LogP contribution in [0, 0.1) is 5.92 Å². The quantitative estimate of drug-likeness (QED) is 0.753. The smallest absolute Gasteiger partial charge is 0.141 e. The highest BCUT2D eigenvalue weighted by molar-refractivity contribution is 5.82. The van der Waals surface area contributed by atoms with Crippen molar-refractivity contribution in [2.75, 3.05) is 26.3 Å². The molecule has 1 aliphatic carbocycles. The minimum atomic E-state index is 0.130. The number of Topliss-reactive ketones (excluding diaryl/α,β-unsaturated/α-hetero) is 1. The van der Waals surface area contributed by atoms with Crippen LogP contribution in [-0.4, -0.2) is 43.0 Å². The van der Waals surface area contributed by atoms with Gasteiger partial charge in [-0.2, -0.15) is 0 Å². The molecule has 2 aliphatic rings. The summed E-state index contributed by atoms with van der Waals surface area (Å²) in [5, 5.41) is 0. The minimum absolute atomic E-state index is 0.130. The fourth-order valence-electron chi connectivity index (χ4n) is 3.12. The molecule has 17 heavy (non-hydrogen) atoms. The molecule has 98 valence electrons. The van der Waals surface area contributed by atoms with Crippen LogP contribution in [0.5, 0.6) is 0 Å². The van der Waals surface area contributed by atoms with Gasteiger partial charge in [0.2, 0.25) is 0 Å². The summed E-state index contributed by atoms with van der Waals surface area (Å²) in [7, 11) is 0. The second-order valence-corrected chi connectivity index (χ2v) is 5.37. The van der Waals surface area contributed by atoms with Crippen LogP contribution < -0.4 is 0 Å². The van der Waals surface area contributed by atoms with E-state index in [-0.39, 0.29) is 5.92 Å². The van der Waals surface area contributed by atoms with Crippen molar-refractivity contribution in [3.8, 4) is 0 Å². The monoisotopic (exact) mass is 239 g/mol. The van der Waals surface area contributed by atoms with E-state index < -0.39 is 0 Å². The van der Waals surface area contributed by atoms with Gasteiger partial charge in [-0.25, -0.2) is 0 Å². The van der Waals surface area contributed by atoms with Crippen LogP contribution >= 0.6 is 0 Å². The molecule has 1 saturated carbocycles. The van der Waals surface area contributed by atoms with Gasteiger partial charge in [0.25, 0.3) is 0 Å². The maximum Gasteiger partial charge on any atom is 0.141 e. The molecule has 1 atom stereocenters. The van der Waals surface area contributed by atoms with E-state index >= 15 is 0 Å². The van der Waals surface area contributed by atoms with Crippen LogP contribution in [0.3, 0.4) is 0 Å². The summed E-state index contributed by atoms with van der Waals surface area (Å²) in [5.41, 5.74) is 0. The maximum atomic E-state index is 11.8. The van der Waals surface area contributed by atoms with Crippen LogP contribution in [0.15, 0.2) is 0 Å². The van der Waals surface area contributed by atoms with Crippen LogP contribution in [0.1, 0.15) is 45.4 Å². The Balaban J connectivity index is 1.86. The van der Waals surface area contributed by atoms with Crippen LogP contribution in [0.2, 0.25) is 0 Å². The Morgan fingerprint density at radius 2 is 2.06 bits per heavy atom. The lowest BCUT2D eigenvalue weighted by Crippen LogP contribution is -2.44. The normalized spacial score (nSPS) is 27.6. The topological polar surface area (TPSA) is 29.5 Å². The molecule has 0 aromatic rings. The summed E-state index contributed by atoms with van der Waals surface area (Å²) in [6, 6.07) is 0.712. The number of carbonyl (C=O) groups is 1. The van der Waals surface area contributed by atoms with Crippen LogP contribution in [-0.2, 0) is 9.53 Å². The molecule has 0 aromatic carbocycles. The molecule has 2 fully saturated rings. The highest BCUT2D eigenvalue weighted by Crippen LogP contribution is 2.24. The van der Waals surface area contributed by atoms with Gasteiger partial charge < -0.3 is 4.74 Å². The Hall–Kier alpha value is -0.410. The number of rotatable bonds is 4. The van der Waals surface area contributed by atoms with Crippen molar-refractivity contribution in [3.63, 3.8) is 0 Å². The Bertz CT molecular complexity index is 249. The number of nitrogens with zero attached hydrogens (tertiary/aromatic N) is 1. The van der Waals surface area contributed by atoms with Gasteiger partial charge in [-0.15, -0.1) is 0 Å². The van der Waals surface area contributed by atoms with Crippen molar-refractivity contribution in [3.05, 3.63) is 0 Å². The summed E-state index contributed by atoms with van der Waals surface area (Å²) in [6.07, 6.45) is 7.35. The zero-order valence-corrected chi connectivity index (χ0v) is 11.0. The van der Waals surface area contributed by atoms with Gasteiger partial charge in [0, 0.05) is 19.0 Å². The molecular formula is C14H25NO2. The second-order valence-electron chi connectivity index (χ2n) is 5.37. The second kappa shape index (κ2) is 6.50. The number of ketones is 1. The van der Waals surface area contributed by atoms with E-state index in [9.17, 15) is 4.79 Å². The third kappa shape index (κ3) is 3.52. The molecule has 1 saturated heterocycles. The van der Waals surface area contributed by atoms with Crippen LogP contribution in [0.25, 0.3) is 0 Å². The minimum Gasteiger partial charge on any atom is -0.380 e. The zero-order chi connectivity index (χ0) is 12.1. The van der Waals surface area contributed by atoms with E-state index in [0.29, 0.717) is 31.5 Å². The van der Waals surface area contributed by atoms with Crippen LogP contribution in [0.4, 0.5) is 0 Å². The third-order valence-electron chi connectivity index (χ3n) is 4.22. The molecule has 0 aromatic heterocycles. The lowest BCUT2D eigenvalue weighted by molar-refractivity contribution is -0.131. The van der Waals surface area contributed by atoms with Crippen molar-refractivity contribution in [2.24, 2.45) is 5.92 Å². The lowest BCUT2D eigenvalue weighted by Gasteiger charge is -2.36. The van der Waals surface area contributed by atoms with E-state index in [1.54, 1.807) is 0 Å². The third-order valence-corrected chi connectivity index (χ3v) is 4.22. The Morgan fingerprint density at radius 3 is 2.71 bits per heavy atom. The maximum absolute atomic E-state index is 11.8. The van der Waals surface area contributed by atoms with E-state index in [2.05, 4.69) is 11.8 Å². The molecular weight excluding hydrogens is 214 g/mol. The lowest BCUT2D eigenvalue weighted by atomic mass is 9.92. The molecule has 0 bridgehead atoms. The fraction of sp³-hybridized carbons (Fsp3) is 0.929. The molecule has 1 heterocycles. The van der Waals surface area contributed by atoms with E-state index in [0.717, 1.165) is 13.1 Å². The first-order valence-corrected chi connectivity index (χ1v) is 7.15. The van der Waals surface area contributed by atoms with E-state index in [1.165, 1.54) is 32.1 Å². The van der Waals surface area contributed by atoms with Gasteiger partial charge in [0.05, 0.1) is 19.1 Å². The first kappa shape index (κ1) is 13.0. The molecule has 2 rings (SSSR count). The predicted octanol–water partition coefficient (Wildman–Crippen LogP) is 2.25. The SMILES string of the molecule is CCN(CC1COCCC1=O)C1CCCCC1. The van der Waals surface area contributed by atoms with E-state index in [4.69, 9.17) is 4.74 Å². The van der Waals surface area contributed by atoms with Gasteiger partial charge in [-0.3, -0.25) is 9.69 Å². The van der Waals surface area contributed by atoms with Gasteiger partial charge in [0.15, 0.2) is 0 Å². The molecule has 1 unspecified atom stereocenters. The van der Waals surface area contributed by atoms with Gasteiger partial charge in [0.1, 0.15) is 5.78 Å². The average Bonchev–Trinajstić information content (AvgIpc) is 2.39. The van der Waals surface area contributed by atoms with Gasteiger partial charge >= 0.3 is 0 Å². The first-order valence-electron chi connectivity index (χ1n) is 7.15. The Morgan fingerprint density at radius 1 is 1.29 bits per heavy atom. The summed E-state index contributed by atoms with van der Waals surface area (Å²) in [5.74, 6) is 0.538. The van der Waals surface area contributed by atoms with Crippen molar-refractivity contribution in [1.82, 2.24) is 4.90 Å². The molecule has 0 amide bonds. The van der Waals surface area contributed by atoms with Crippen molar-refractivity contribution >= 4 is 5.78 Å². The summed E-state index contributed by atoms with van der Waals surface area (Å²) < 4.78 is 5.44. The van der Waals surface area contributed by atoms with E-state index in [1.807, 2.05) is 0 Å². The molecule has 0 radical (unpaired) electrons. The van der Waals surface area contributed by atoms with Crippen molar-refractivity contribution in [1.29, 1.82) is 0 Å².